The van der Waals surface area contributed by atoms with Crippen LogP contribution in [0.2, 0.25) is 0 Å². The molecule has 1 N–H and O–H groups in total. The molecule has 4 rings (SSSR count). The summed E-state index contributed by atoms with van der Waals surface area (Å²) in [6.45, 7) is 4.39. The molecule has 130 valence electrons. The lowest BCUT2D eigenvalue weighted by molar-refractivity contribution is -0.122. The summed E-state index contributed by atoms with van der Waals surface area (Å²) in [5.74, 6) is 0.629. The Morgan fingerprint density at radius 1 is 1.32 bits per heavy atom. The zero-order chi connectivity index (χ0) is 17.6. The number of aromatic nitrogens is 1. The summed E-state index contributed by atoms with van der Waals surface area (Å²) in [7, 11) is 0. The van der Waals surface area contributed by atoms with E-state index in [0.29, 0.717) is 28.9 Å². The Morgan fingerprint density at radius 2 is 2.12 bits per heavy atom. The minimum atomic E-state index is -0.401. The van der Waals surface area contributed by atoms with Crippen LogP contribution in [0.15, 0.2) is 18.2 Å². The second kappa shape index (κ2) is 6.03. The quantitative estimate of drug-likeness (QED) is 0.911. The van der Waals surface area contributed by atoms with E-state index in [-0.39, 0.29) is 25.0 Å². The molecule has 0 saturated carbocycles. The molecule has 0 aliphatic carbocycles. The number of rotatable bonds is 3. The van der Waals surface area contributed by atoms with E-state index in [0.717, 1.165) is 10.6 Å². The van der Waals surface area contributed by atoms with Crippen LogP contribution in [0.4, 0.5) is 10.8 Å². The summed E-state index contributed by atoms with van der Waals surface area (Å²) in [5, 5.41) is 3.40. The lowest BCUT2D eigenvalue weighted by atomic mass is 10.1. The van der Waals surface area contributed by atoms with Crippen molar-refractivity contribution in [2.24, 2.45) is 5.92 Å². The maximum Gasteiger partial charge on any atom is 0.231 e. The van der Waals surface area contributed by atoms with Gasteiger partial charge in [0, 0.05) is 29.6 Å². The van der Waals surface area contributed by atoms with Crippen LogP contribution in [0.1, 0.15) is 17.0 Å². The molecule has 1 fully saturated rings. The summed E-state index contributed by atoms with van der Waals surface area (Å²) in [5.41, 5.74) is 1.62. The first-order valence-corrected chi connectivity index (χ1v) is 8.78. The van der Waals surface area contributed by atoms with Gasteiger partial charge in [-0.2, -0.15) is 0 Å². The van der Waals surface area contributed by atoms with Crippen molar-refractivity contribution in [2.45, 2.75) is 20.3 Å². The summed E-state index contributed by atoms with van der Waals surface area (Å²) in [4.78, 5) is 31.8. The van der Waals surface area contributed by atoms with Crippen molar-refractivity contribution < 1.29 is 19.1 Å². The van der Waals surface area contributed by atoms with Gasteiger partial charge in [0.1, 0.15) is 0 Å². The molecule has 25 heavy (non-hydrogen) atoms. The summed E-state index contributed by atoms with van der Waals surface area (Å²) in [6, 6.07) is 5.35. The van der Waals surface area contributed by atoms with Crippen molar-refractivity contribution in [2.75, 3.05) is 23.6 Å². The number of ether oxygens (including phenoxy) is 2. The Kier molecular flexibility index (Phi) is 3.84. The molecule has 3 heterocycles. The number of thiazole rings is 1. The number of carbonyl (C=O) groups excluding carboxylic acids is 2. The number of anilines is 2. The van der Waals surface area contributed by atoms with E-state index in [1.165, 1.54) is 11.3 Å². The van der Waals surface area contributed by atoms with E-state index in [2.05, 4.69) is 10.3 Å². The lowest BCUT2D eigenvalue weighted by Crippen LogP contribution is -2.28. The van der Waals surface area contributed by atoms with Crippen molar-refractivity contribution in [3.63, 3.8) is 0 Å². The first-order valence-electron chi connectivity index (χ1n) is 7.96. The third-order valence-electron chi connectivity index (χ3n) is 4.42. The third kappa shape index (κ3) is 2.93. The fourth-order valence-electron chi connectivity index (χ4n) is 2.92. The smallest absolute Gasteiger partial charge is 0.231 e. The van der Waals surface area contributed by atoms with Crippen LogP contribution >= 0.6 is 11.3 Å². The molecule has 1 atom stereocenters. The first kappa shape index (κ1) is 15.9. The number of carbonyl (C=O) groups is 2. The van der Waals surface area contributed by atoms with E-state index < -0.39 is 5.92 Å². The number of fused-ring (bicyclic) bond motifs is 1. The Balaban J connectivity index is 1.47. The Labute approximate surface area is 148 Å². The van der Waals surface area contributed by atoms with Gasteiger partial charge in [0.05, 0.1) is 11.6 Å². The van der Waals surface area contributed by atoms with Crippen molar-refractivity contribution in [3.8, 4) is 11.5 Å². The highest BCUT2D eigenvalue weighted by Gasteiger charge is 2.36. The number of benzene rings is 1. The summed E-state index contributed by atoms with van der Waals surface area (Å²) >= 11 is 1.44. The molecule has 1 aromatic carbocycles. The highest BCUT2D eigenvalue weighted by atomic mass is 32.1. The van der Waals surface area contributed by atoms with Gasteiger partial charge >= 0.3 is 0 Å². The number of aryl methyl sites for hydroxylation is 2. The number of nitrogens with zero attached hydrogens (tertiary/aromatic N) is 2. The van der Waals surface area contributed by atoms with Gasteiger partial charge in [0.25, 0.3) is 0 Å². The highest BCUT2D eigenvalue weighted by Crippen LogP contribution is 2.37. The molecule has 1 saturated heterocycles. The van der Waals surface area contributed by atoms with Crippen LogP contribution in [-0.2, 0) is 9.59 Å². The minimum Gasteiger partial charge on any atom is -0.454 e. The monoisotopic (exact) mass is 359 g/mol. The Bertz CT molecular complexity index is 844. The molecule has 2 aliphatic rings. The topological polar surface area (TPSA) is 80.8 Å². The Morgan fingerprint density at radius 3 is 2.88 bits per heavy atom. The van der Waals surface area contributed by atoms with E-state index >= 15 is 0 Å². The lowest BCUT2D eigenvalue weighted by Gasteiger charge is -2.17. The van der Waals surface area contributed by atoms with Crippen molar-refractivity contribution in [3.05, 3.63) is 28.8 Å². The molecule has 0 radical (unpaired) electrons. The zero-order valence-corrected chi connectivity index (χ0v) is 14.7. The predicted molar refractivity (Wildman–Crippen MR) is 93.2 cm³/mol. The van der Waals surface area contributed by atoms with Gasteiger partial charge in [-0.1, -0.05) is 0 Å². The zero-order valence-electron chi connectivity index (χ0n) is 13.9. The van der Waals surface area contributed by atoms with Gasteiger partial charge in [-0.25, -0.2) is 4.98 Å². The van der Waals surface area contributed by atoms with Crippen molar-refractivity contribution in [1.82, 2.24) is 4.98 Å². The molecular formula is C17H17N3O4S. The van der Waals surface area contributed by atoms with Gasteiger partial charge in [-0.3, -0.25) is 9.59 Å². The normalized spacial score (nSPS) is 18.7. The molecule has 2 amide bonds. The van der Waals surface area contributed by atoms with E-state index in [1.807, 2.05) is 13.8 Å². The highest BCUT2D eigenvalue weighted by molar-refractivity contribution is 7.15. The minimum absolute atomic E-state index is 0.0782. The van der Waals surface area contributed by atoms with E-state index in [4.69, 9.17) is 9.47 Å². The molecule has 0 spiro atoms. The molecule has 0 bridgehead atoms. The van der Waals surface area contributed by atoms with Gasteiger partial charge in [0.15, 0.2) is 16.6 Å². The van der Waals surface area contributed by atoms with Gasteiger partial charge in [-0.05, 0) is 26.0 Å². The van der Waals surface area contributed by atoms with Gasteiger partial charge < -0.3 is 19.7 Å². The van der Waals surface area contributed by atoms with Gasteiger partial charge in [0.2, 0.25) is 18.6 Å². The fraction of sp³-hybridized carbons (Fsp3) is 0.353. The first-order chi connectivity index (χ1) is 12.0. The van der Waals surface area contributed by atoms with Crippen LogP contribution in [0.5, 0.6) is 11.5 Å². The molecule has 2 aromatic rings. The van der Waals surface area contributed by atoms with E-state index in [1.54, 1.807) is 23.1 Å². The number of amides is 2. The number of nitrogens with one attached hydrogen (secondary N) is 1. The summed E-state index contributed by atoms with van der Waals surface area (Å²) < 4.78 is 10.6. The van der Waals surface area contributed by atoms with Crippen molar-refractivity contribution >= 4 is 34.0 Å². The van der Waals surface area contributed by atoms with E-state index in [9.17, 15) is 9.59 Å². The van der Waals surface area contributed by atoms with Crippen LogP contribution in [0.3, 0.4) is 0 Å². The van der Waals surface area contributed by atoms with Crippen LogP contribution in [0.25, 0.3) is 0 Å². The molecule has 2 aliphatic heterocycles. The van der Waals surface area contributed by atoms with Gasteiger partial charge in [-0.15, -0.1) is 11.3 Å². The average Bonchev–Trinajstić information content (AvgIpc) is 3.26. The SMILES string of the molecule is Cc1nc(NC(=O)C2CC(=O)N(c3ccc4c(c3)OCO4)C2)sc1C. The molecule has 8 heteroatoms. The predicted octanol–water partition coefficient (Wildman–Crippen LogP) is 2.48. The second-order valence-corrected chi connectivity index (χ2v) is 7.30. The second-order valence-electron chi connectivity index (χ2n) is 6.09. The molecule has 1 unspecified atom stereocenters. The summed E-state index contributed by atoms with van der Waals surface area (Å²) in [6.07, 6.45) is 0.184. The molecular weight excluding hydrogens is 342 g/mol. The fourth-order valence-corrected chi connectivity index (χ4v) is 3.74. The molecule has 7 nitrogen and oxygen atoms in total. The maximum atomic E-state index is 12.5. The average molecular weight is 359 g/mol. The molecule has 1 aromatic heterocycles. The maximum absolute atomic E-state index is 12.5. The number of hydrogen-bond donors (Lipinski definition) is 1. The van der Waals surface area contributed by atoms with Crippen LogP contribution in [0, 0.1) is 19.8 Å². The largest absolute Gasteiger partial charge is 0.454 e. The third-order valence-corrected chi connectivity index (χ3v) is 5.41. The number of hydrogen-bond acceptors (Lipinski definition) is 6. The Hall–Kier alpha value is -2.61. The van der Waals surface area contributed by atoms with Crippen molar-refractivity contribution in [1.29, 1.82) is 0 Å². The van der Waals surface area contributed by atoms with Crippen LogP contribution in [-0.4, -0.2) is 30.1 Å². The standard InChI is InChI=1S/C17H17N3O4S/c1-9-10(2)25-17(18-9)19-16(22)11-5-15(21)20(7-11)12-3-4-13-14(6-12)24-8-23-13/h3-4,6,11H,5,7-8H2,1-2H3,(H,18,19,22). The van der Waals surface area contributed by atoms with Crippen LogP contribution < -0.4 is 19.7 Å².